The summed E-state index contributed by atoms with van der Waals surface area (Å²) in [5, 5.41) is 4.03. The third-order valence-corrected chi connectivity index (χ3v) is 2.80. The Morgan fingerprint density at radius 2 is 2.21 bits per heavy atom. The Labute approximate surface area is 89.7 Å². The van der Waals surface area contributed by atoms with Crippen molar-refractivity contribution in [3.63, 3.8) is 0 Å². The van der Waals surface area contributed by atoms with Crippen LogP contribution in [-0.4, -0.2) is 22.8 Å². The molecule has 78 valence electrons. The number of unbranched alkanes of at least 4 members (excludes halogenated alkanes) is 1. The van der Waals surface area contributed by atoms with Gasteiger partial charge in [-0.05, 0) is 25.2 Å². The lowest BCUT2D eigenvalue weighted by Gasteiger charge is -2.04. The number of aryl methyl sites for hydroxylation is 1. The summed E-state index contributed by atoms with van der Waals surface area (Å²) in [4.78, 5) is 8.61. The largest absolute Gasteiger partial charge is 0.357 e. The Kier molecular flexibility index (Phi) is 4.73. The molecule has 0 aliphatic heterocycles. The normalized spacial score (nSPS) is 10.2. The van der Waals surface area contributed by atoms with E-state index < -0.39 is 0 Å². The molecule has 1 aromatic rings. The van der Waals surface area contributed by atoms with Gasteiger partial charge >= 0.3 is 0 Å². The number of thioether (sulfide) groups is 1. The van der Waals surface area contributed by atoms with Gasteiger partial charge in [0.2, 0.25) is 5.95 Å². The van der Waals surface area contributed by atoms with Crippen molar-refractivity contribution >= 4 is 17.7 Å². The van der Waals surface area contributed by atoms with Crippen molar-refractivity contribution in [3.8, 4) is 0 Å². The van der Waals surface area contributed by atoms with E-state index in [2.05, 4.69) is 22.2 Å². The van der Waals surface area contributed by atoms with Crippen molar-refractivity contribution in [1.82, 2.24) is 9.97 Å². The van der Waals surface area contributed by atoms with Crippen molar-refractivity contribution in [3.05, 3.63) is 11.8 Å². The van der Waals surface area contributed by atoms with Crippen molar-refractivity contribution in [2.45, 2.75) is 31.7 Å². The lowest BCUT2D eigenvalue weighted by atomic mass is 10.4. The molecule has 0 saturated carbocycles. The summed E-state index contributed by atoms with van der Waals surface area (Å²) in [6, 6.07) is 2.03. The molecule has 1 heterocycles. The Balaban J connectivity index is 2.62. The highest BCUT2D eigenvalue weighted by molar-refractivity contribution is 7.99. The van der Waals surface area contributed by atoms with E-state index in [0.717, 1.165) is 16.5 Å². The summed E-state index contributed by atoms with van der Waals surface area (Å²) in [5.41, 5.74) is 1.02. The summed E-state index contributed by atoms with van der Waals surface area (Å²) >= 11 is 1.80. The molecule has 0 unspecified atom stereocenters. The summed E-state index contributed by atoms with van der Waals surface area (Å²) in [6.45, 7) is 4.19. The summed E-state index contributed by atoms with van der Waals surface area (Å²) < 4.78 is 0. The minimum atomic E-state index is 0.712. The molecule has 0 aliphatic rings. The Morgan fingerprint density at radius 1 is 1.43 bits per heavy atom. The highest BCUT2D eigenvalue weighted by Crippen LogP contribution is 2.18. The summed E-state index contributed by atoms with van der Waals surface area (Å²) in [5.74, 6) is 1.85. The molecular weight excluding hydrogens is 194 g/mol. The molecule has 0 saturated heterocycles. The second kappa shape index (κ2) is 5.86. The zero-order chi connectivity index (χ0) is 10.4. The average molecular weight is 211 g/mol. The molecule has 3 nitrogen and oxygen atoms in total. The highest BCUT2D eigenvalue weighted by atomic mass is 32.2. The summed E-state index contributed by atoms with van der Waals surface area (Å²) in [6.07, 6.45) is 2.47. The average Bonchev–Trinajstić information content (AvgIpc) is 2.17. The maximum Gasteiger partial charge on any atom is 0.223 e. The van der Waals surface area contributed by atoms with Gasteiger partial charge < -0.3 is 5.32 Å². The fourth-order valence-corrected chi connectivity index (χ4v) is 2.09. The van der Waals surface area contributed by atoms with Crippen LogP contribution in [0.5, 0.6) is 0 Å². The van der Waals surface area contributed by atoms with Gasteiger partial charge in [0.1, 0.15) is 5.03 Å². The Bertz CT molecular complexity index is 289. The van der Waals surface area contributed by atoms with Crippen LogP contribution in [-0.2, 0) is 0 Å². The van der Waals surface area contributed by atoms with E-state index in [1.165, 1.54) is 12.8 Å². The fraction of sp³-hybridized carbons (Fsp3) is 0.600. The highest BCUT2D eigenvalue weighted by Gasteiger charge is 2.00. The fourth-order valence-electron chi connectivity index (χ4n) is 1.05. The molecule has 0 amide bonds. The van der Waals surface area contributed by atoms with E-state index in [1.54, 1.807) is 11.8 Å². The quantitative estimate of drug-likeness (QED) is 0.461. The third-order valence-electron chi connectivity index (χ3n) is 1.80. The minimum absolute atomic E-state index is 0.712. The van der Waals surface area contributed by atoms with Crippen LogP contribution in [0.3, 0.4) is 0 Å². The molecule has 0 radical (unpaired) electrons. The van der Waals surface area contributed by atoms with E-state index in [1.807, 2.05) is 20.0 Å². The molecule has 14 heavy (non-hydrogen) atoms. The van der Waals surface area contributed by atoms with Gasteiger partial charge in [0.05, 0.1) is 0 Å². The van der Waals surface area contributed by atoms with Gasteiger partial charge in [-0.2, -0.15) is 0 Å². The molecule has 1 N–H and O–H groups in total. The Hall–Kier alpha value is -0.770. The van der Waals surface area contributed by atoms with Crippen LogP contribution in [0.15, 0.2) is 11.1 Å². The number of hydrogen-bond acceptors (Lipinski definition) is 4. The lowest BCUT2D eigenvalue weighted by molar-refractivity contribution is 0.893. The maximum absolute atomic E-state index is 4.36. The first-order valence-corrected chi connectivity index (χ1v) is 5.91. The standard InChI is InChI=1S/C10H17N3S/c1-4-5-6-14-9-7-8(2)12-10(11-3)13-9/h7H,4-6H2,1-3H3,(H,11,12,13). The van der Waals surface area contributed by atoms with Crippen LogP contribution in [0.4, 0.5) is 5.95 Å². The van der Waals surface area contributed by atoms with Crippen molar-refractivity contribution in [2.24, 2.45) is 0 Å². The first-order valence-electron chi connectivity index (χ1n) is 4.92. The van der Waals surface area contributed by atoms with E-state index in [-0.39, 0.29) is 0 Å². The van der Waals surface area contributed by atoms with Crippen molar-refractivity contribution < 1.29 is 0 Å². The van der Waals surface area contributed by atoms with Crippen molar-refractivity contribution in [2.75, 3.05) is 18.1 Å². The van der Waals surface area contributed by atoms with Crippen molar-refractivity contribution in [1.29, 1.82) is 0 Å². The molecule has 1 rings (SSSR count). The second-order valence-corrected chi connectivity index (χ2v) is 4.24. The smallest absolute Gasteiger partial charge is 0.223 e. The van der Waals surface area contributed by atoms with Gasteiger partial charge in [-0.3, -0.25) is 0 Å². The van der Waals surface area contributed by atoms with E-state index >= 15 is 0 Å². The van der Waals surface area contributed by atoms with Gasteiger partial charge in [0, 0.05) is 12.7 Å². The second-order valence-electron chi connectivity index (χ2n) is 3.12. The van der Waals surface area contributed by atoms with E-state index in [4.69, 9.17) is 0 Å². The van der Waals surface area contributed by atoms with Gasteiger partial charge in [0.25, 0.3) is 0 Å². The van der Waals surface area contributed by atoms with Crippen LogP contribution in [0.25, 0.3) is 0 Å². The topological polar surface area (TPSA) is 37.8 Å². The number of hydrogen-bond donors (Lipinski definition) is 1. The molecule has 0 aliphatic carbocycles. The molecule has 0 bridgehead atoms. The molecule has 0 spiro atoms. The number of nitrogens with zero attached hydrogens (tertiary/aromatic N) is 2. The Morgan fingerprint density at radius 3 is 2.86 bits per heavy atom. The third kappa shape index (κ3) is 3.54. The van der Waals surface area contributed by atoms with Gasteiger partial charge in [-0.25, -0.2) is 9.97 Å². The van der Waals surface area contributed by atoms with E-state index in [9.17, 15) is 0 Å². The van der Waals surface area contributed by atoms with Crippen LogP contribution in [0.2, 0.25) is 0 Å². The molecule has 1 aromatic heterocycles. The van der Waals surface area contributed by atoms with Crippen LogP contribution < -0.4 is 5.32 Å². The maximum atomic E-state index is 4.36. The predicted molar refractivity (Wildman–Crippen MR) is 61.9 cm³/mol. The predicted octanol–water partition coefficient (Wildman–Crippen LogP) is 2.72. The number of nitrogens with one attached hydrogen (secondary N) is 1. The molecule has 0 aromatic carbocycles. The summed E-state index contributed by atoms with van der Waals surface area (Å²) in [7, 11) is 1.84. The SMILES string of the molecule is CCCCSc1cc(C)nc(NC)n1. The number of anilines is 1. The van der Waals surface area contributed by atoms with E-state index in [0.29, 0.717) is 5.95 Å². The van der Waals surface area contributed by atoms with Gasteiger partial charge in [-0.15, -0.1) is 11.8 Å². The first-order chi connectivity index (χ1) is 6.76. The molecular formula is C10H17N3S. The van der Waals surface area contributed by atoms with Crippen LogP contribution in [0.1, 0.15) is 25.5 Å². The lowest BCUT2D eigenvalue weighted by Crippen LogP contribution is -1.98. The monoisotopic (exact) mass is 211 g/mol. The number of aromatic nitrogens is 2. The molecule has 4 heteroatoms. The van der Waals surface area contributed by atoms with Gasteiger partial charge in [-0.1, -0.05) is 13.3 Å². The zero-order valence-corrected chi connectivity index (χ0v) is 9.82. The van der Waals surface area contributed by atoms with Crippen LogP contribution in [0, 0.1) is 6.92 Å². The zero-order valence-electron chi connectivity index (χ0n) is 9.00. The molecule has 0 atom stereocenters. The van der Waals surface area contributed by atoms with Gasteiger partial charge in [0.15, 0.2) is 0 Å². The number of rotatable bonds is 5. The molecule has 0 fully saturated rings. The minimum Gasteiger partial charge on any atom is -0.357 e. The first kappa shape index (κ1) is 11.3. The van der Waals surface area contributed by atoms with Crippen LogP contribution >= 0.6 is 11.8 Å².